The molecule has 0 spiro atoms. The molecule has 0 atom stereocenters. The van der Waals surface area contributed by atoms with E-state index in [4.69, 9.17) is 0 Å². The molecule has 0 aliphatic heterocycles. The Morgan fingerprint density at radius 1 is 0.913 bits per heavy atom. The van der Waals surface area contributed by atoms with Crippen LogP contribution in [0.1, 0.15) is 20.7 Å². The molecule has 0 bridgehead atoms. The molecule has 0 aliphatic rings. The Balaban J connectivity index is 2.05. The fourth-order valence-electron chi connectivity index (χ4n) is 1.70. The van der Waals surface area contributed by atoms with Gasteiger partial charge in [-0.05, 0) is 18.2 Å². The van der Waals surface area contributed by atoms with Gasteiger partial charge in [-0.3, -0.25) is 30.6 Å². The lowest BCUT2D eigenvalue weighted by molar-refractivity contribution is -0.384. The zero-order valence-electron chi connectivity index (χ0n) is 11.4. The summed E-state index contributed by atoms with van der Waals surface area (Å²) in [7, 11) is 0. The van der Waals surface area contributed by atoms with Gasteiger partial charge >= 0.3 is 0 Å². The minimum atomic E-state index is -0.944. The standard InChI is InChI=1S/C14H9F2N3O4/c15-10-4-9(5-11(16)7-10)14(21)18-17-13(20)8-2-1-3-12(6-8)19(22)23/h1-7H,(H,17,20)(H,18,21). The summed E-state index contributed by atoms with van der Waals surface area (Å²) in [5.41, 5.74) is 3.26. The molecule has 7 nitrogen and oxygen atoms in total. The normalized spacial score (nSPS) is 10.0. The zero-order valence-corrected chi connectivity index (χ0v) is 11.4. The van der Waals surface area contributed by atoms with E-state index in [0.717, 1.165) is 18.2 Å². The number of benzene rings is 2. The van der Waals surface area contributed by atoms with Crippen LogP contribution in [0.2, 0.25) is 0 Å². The smallest absolute Gasteiger partial charge is 0.267 e. The van der Waals surface area contributed by atoms with E-state index in [2.05, 4.69) is 0 Å². The third kappa shape index (κ3) is 4.06. The molecule has 0 unspecified atom stereocenters. The third-order valence-corrected chi connectivity index (χ3v) is 2.73. The largest absolute Gasteiger partial charge is 0.270 e. The fraction of sp³-hybridized carbons (Fsp3) is 0. The van der Waals surface area contributed by atoms with Crippen LogP contribution >= 0.6 is 0 Å². The molecule has 0 aromatic heterocycles. The summed E-state index contributed by atoms with van der Waals surface area (Å²) >= 11 is 0. The number of amides is 2. The quantitative estimate of drug-likeness (QED) is 0.666. The van der Waals surface area contributed by atoms with E-state index in [1.165, 1.54) is 18.2 Å². The highest BCUT2D eigenvalue weighted by atomic mass is 19.1. The molecular weight excluding hydrogens is 312 g/mol. The first-order valence-corrected chi connectivity index (χ1v) is 6.18. The van der Waals surface area contributed by atoms with Crippen molar-refractivity contribution < 1.29 is 23.3 Å². The highest BCUT2D eigenvalue weighted by Crippen LogP contribution is 2.12. The van der Waals surface area contributed by atoms with Crippen molar-refractivity contribution in [3.8, 4) is 0 Å². The molecule has 2 rings (SSSR count). The minimum absolute atomic E-state index is 0.0649. The first-order chi connectivity index (χ1) is 10.9. The van der Waals surface area contributed by atoms with E-state index < -0.39 is 28.4 Å². The highest BCUT2D eigenvalue weighted by molar-refractivity contribution is 5.99. The summed E-state index contributed by atoms with van der Waals surface area (Å²) in [6.07, 6.45) is 0. The van der Waals surface area contributed by atoms with Crippen molar-refractivity contribution in [3.63, 3.8) is 0 Å². The number of hydrogen-bond donors (Lipinski definition) is 2. The topological polar surface area (TPSA) is 101 Å². The van der Waals surface area contributed by atoms with Crippen LogP contribution in [-0.4, -0.2) is 16.7 Å². The predicted molar refractivity (Wildman–Crippen MR) is 74.4 cm³/mol. The number of halogens is 2. The Kier molecular flexibility index (Phi) is 4.60. The lowest BCUT2D eigenvalue weighted by Crippen LogP contribution is -2.41. The van der Waals surface area contributed by atoms with Crippen molar-refractivity contribution in [1.82, 2.24) is 10.9 Å². The molecule has 0 saturated carbocycles. The number of hydrazine groups is 1. The lowest BCUT2D eigenvalue weighted by Gasteiger charge is -2.07. The second-order valence-corrected chi connectivity index (χ2v) is 4.37. The lowest BCUT2D eigenvalue weighted by atomic mass is 10.2. The Bertz CT molecular complexity index is 775. The second-order valence-electron chi connectivity index (χ2n) is 4.37. The number of non-ortho nitro benzene ring substituents is 1. The van der Waals surface area contributed by atoms with Crippen LogP contribution in [0.4, 0.5) is 14.5 Å². The molecule has 0 radical (unpaired) electrons. The van der Waals surface area contributed by atoms with Gasteiger partial charge in [-0.25, -0.2) is 8.78 Å². The molecule has 2 amide bonds. The van der Waals surface area contributed by atoms with Crippen molar-refractivity contribution in [2.24, 2.45) is 0 Å². The predicted octanol–water partition coefficient (Wildman–Crippen LogP) is 1.95. The number of carbonyl (C=O) groups is 2. The second kappa shape index (κ2) is 6.60. The summed E-state index contributed by atoms with van der Waals surface area (Å²) in [6.45, 7) is 0. The van der Waals surface area contributed by atoms with Gasteiger partial charge in [0.2, 0.25) is 0 Å². The maximum Gasteiger partial charge on any atom is 0.270 e. The van der Waals surface area contributed by atoms with Crippen molar-refractivity contribution >= 4 is 17.5 Å². The average Bonchev–Trinajstić information content (AvgIpc) is 2.51. The van der Waals surface area contributed by atoms with Gasteiger partial charge in [-0.2, -0.15) is 0 Å². The van der Waals surface area contributed by atoms with Crippen LogP contribution in [0.5, 0.6) is 0 Å². The summed E-state index contributed by atoms with van der Waals surface area (Å²) < 4.78 is 26.0. The number of carbonyl (C=O) groups excluding carboxylic acids is 2. The summed E-state index contributed by atoms with van der Waals surface area (Å²) in [5, 5.41) is 10.6. The maximum atomic E-state index is 13.0. The Labute approximate surface area is 128 Å². The van der Waals surface area contributed by atoms with Gasteiger partial charge in [-0.1, -0.05) is 6.07 Å². The van der Waals surface area contributed by atoms with E-state index in [1.54, 1.807) is 0 Å². The molecule has 0 heterocycles. The van der Waals surface area contributed by atoms with Gasteiger partial charge < -0.3 is 0 Å². The van der Waals surface area contributed by atoms with Gasteiger partial charge in [0.25, 0.3) is 17.5 Å². The minimum Gasteiger partial charge on any atom is -0.267 e. The number of hydrogen-bond acceptors (Lipinski definition) is 4. The van der Waals surface area contributed by atoms with E-state index in [9.17, 15) is 28.5 Å². The van der Waals surface area contributed by atoms with E-state index in [0.29, 0.717) is 6.07 Å². The van der Waals surface area contributed by atoms with Gasteiger partial charge in [0, 0.05) is 29.3 Å². The van der Waals surface area contributed by atoms with Crippen LogP contribution in [0.25, 0.3) is 0 Å². The van der Waals surface area contributed by atoms with Gasteiger partial charge in [0.15, 0.2) is 0 Å². The number of nitrogens with zero attached hydrogens (tertiary/aromatic N) is 1. The molecule has 118 valence electrons. The number of nitro benzene ring substituents is 1. The molecule has 2 N–H and O–H groups in total. The molecule has 0 saturated heterocycles. The molecule has 0 aliphatic carbocycles. The van der Waals surface area contributed by atoms with Crippen molar-refractivity contribution in [1.29, 1.82) is 0 Å². The van der Waals surface area contributed by atoms with E-state index >= 15 is 0 Å². The van der Waals surface area contributed by atoms with E-state index in [-0.39, 0.29) is 16.8 Å². The first-order valence-electron chi connectivity index (χ1n) is 6.18. The van der Waals surface area contributed by atoms with Gasteiger partial charge in [-0.15, -0.1) is 0 Å². The van der Waals surface area contributed by atoms with Crippen LogP contribution in [-0.2, 0) is 0 Å². The summed E-state index contributed by atoms with van der Waals surface area (Å²) in [4.78, 5) is 33.4. The third-order valence-electron chi connectivity index (χ3n) is 2.73. The van der Waals surface area contributed by atoms with Crippen LogP contribution in [0.3, 0.4) is 0 Å². The van der Waals surface area contributed by atoms with Gasteiger partial charge in [0.05, 0.1) is 4.92 Å². The van der Waals surface area contributed by atoms with E-state index in [1.807, 2.05) is 10.9 Å². The van der Waals surface area contributed by atoms with Crippen LogP contribution in [0, 0.1) is 21.7 Å². The van der Waals surface area contributed by atoms with Crippen LogP contribution < -0.4 is 10.9 Å². The van der Waals surface area contributed by atoms with Gasteiger partial charge in [0.1, 0.15) is 11.6 Å². The maximum absolute atomic E-state index is 13.0. The Morgan fingerprint density at radius 3 is 2.04 bits per heavy atom. The first kappa shape index (κ1) is 16.0. The Hall–Kier alpha value is -3.36. The molecule has 23 heavy (non-hydrogen) atoms. The number of rotatable bonds is 3. The van der Waals surface area contributed by atoms with Crippen molar-refractivity contribution in [2.45, 2.75) is 0 Å². The molecule has 0 fully saturated rings. The molecular formula is C14H9F2N3O4. The van der Waals surface area contributed by atoms with Crippen molar-refractivity contribution in [2.75, 3.05) is 0 Å². The van der Waals surface area contributed by atoms with Crippen molar-refractivity contribution in [3.05, 3.63) is 75.3 Å². The van der Waals surface area contributed by atoms with Crippen LogP contribution in [0.15, 0.2) is 42.5 Å². The number of nitro groups is 1. The highest BCUT2D eigenvalue weighted by Gasteiger charge is 2.13. The fourth-order valence-corrected chi connectivity index (χ4v) is 1.70. The summed E-state index contributed by atoms with van der Waals surface area (Å²) in [5.74, 6) is -3.65. The SMILES string of the molecule is O=C(NNC(=O)c1cccc([N+](=O)[O-])c1)c1cc(F)cc(F)c1. The summed E-state index contributed by atoms with van der Waals surface area (Å²) in [6, 6.07) is 7.00. The number of nitrogens with one attached hydrogen (secondary N) is 2. The monoisotopic (exact) mass is 321 g/mol. The Morgan fingerprint density at radius 2 is 1.48 bits per heavy atom. The molecule has 9 heteroatoms. The molecule has 2 aromatic rings. The zero-order chi connectivity index (χ0) is 17.0. The molecule has 2 aromatic carbocycles. The average molecular weight is 321 g/mol.